The van der Waals surface area contributed by atoms with Crippen molar-refractivity contribution < 1.29 is 32.6 Å². The van der Waals surface area contributed by atoms with E-state index >= 15 is 0 Å². The minimum Gasteiger partial charge on any atom is -0.505 e. The maximum atomic E-state index is 14.2. The largest absolute Gasteiger partial charge is 0.505 e. The third-order valence-electron chi connectivity index (χ3n) is 8.96. The molecule has 252 valence electrons. The lowest BCUT2D eigenvalue weighted by Gasteiger charge is -2.43. The first-order chi connectivity index (χ1) is 22.9. The number of phenols is 1. The van der Waals surface area contributed by atoms with Crippen LogP contribution in [0, 0.1) is 5.82 Å². The van der Waals surface area contributed by atoms with Gasteiger partial charge in [-0.05, 0) is 80.9 Å². The molecule has 3 N–H and O–H groups in total. The quantitative estimate of drug-likeness (QED) is 0.137. The number of aliphatic hydroxyl groups excluding tert-OH is 2. The van der Waals surface area contributed by atoms with E-state index in [0.717, 1.165) is 10.4 Å². The second kappa shape index (κ2) is 14.7. The lowest BCUT2D eigenvalue weighted by atomic mass is 9.94. The number of hydrogen-bond acceptors (Lipinski definition) is 7. The molecule has 1 aromatic heterocycles. The first-order valence-corrected chi connectivity index (χ1v) is 19.6. The van der Waals surface area contributed by atoms with Gasteiger partial charge in [0.1, 0.15) is 5.25 Å². The summed E-state index contributed by atoms with van der Waals surface area (Å²) in [6, 6.07) is 29.5. The molecule has 0 fully saturated rings. The average molecular weight is 688 g/mol. The minimum atomic E-state index is -3.80. The summed E-state index contributed by atoms with van der Waals surface area (Å²) in [6.07, 6.45) is 2.54. The van der Waals surface area contributed by atoms with Crippen molar-refractivity contribution in [3.63, 3.8) is 0 Å². The predicted molar refractivity (Wildman–Crippen MR) is 191 cm³/mol. The van der Waals surface area contributed by atoms with Crippen LogP contribution in [-0.4, -0.2) is 67.4 Å². The molecular formula is C38H42FNO6SSi. The van der Waals surface area contributed by atoms with E-state index in [4.69, 9.17) is 4.43 Å². The molecule has 10 heteroatoms. The molecule has 0 radical (unpaired) electrons. The second-order valence-corrected chi connectivity index (χ2v) is 19.6. The zero-order valence-electron chi connectivity index (χ0n) is 27.4. The smallest absolute Gasteiger partial charge is 0.261 e. The summed E-state index contributed by atoms with van der Waals surface area (Å²) in [7, 11) is -6.83. The number of rotatable bonds is 12. The van der Waals surface area contributed by atoms with E-state index in [-0.39, 0.29) is 35.8 Å². The van der Waals surface area contributed by atoms with Crippen LogP contribution >= 0.6 is 0 Å². The number of nitrogens with zero attached hydrogens (tertiary/aromatic N) is 1. The number of benzene rings is 3. The van der Waals surface area contributed by atoms with Crippen LogP contribution in [-0.2, 0) is 14.3 Å². The molecule has 0 bridgehead atoms. The van der Waals surface area contributed by atoms with Crippen LogP contribution in [0.5, 0.6) is 5.75 Å². The Balaban J connectivity index is 1.51. The summed E-state index contributed by atoms with van der Waals surface area (Å²) >= 11 is 0. The van der Waals surface area contributed by atoms with Gasteiger partial charge in [-0.25, -0.2) is 12.8 Å². The van der Waals surface area contributed by atoms with Crippen molar-refractivity contribution in [3.8, 4) is 5.75 Å². The number of allylic oxidation sites excluding steroid dienone is 1. The summed E-state index contributed by atoms with van der Waals surface area (Å²) in [6.45, 7) is 5.72. The zero-order valence-corrected chi connectivity index (χ0v) is 29.2. The van der Waals surface area contributed by atoms with Crippen LogP contribution in [0.15, 0.2) is 114 Å². The molecule has 1 aliphatic heterocycles. The van der Waals surface area contributed by atoms with Crippen LogP contribution in [0.3, 0.4) is 0 Å². The number of sulfone groups is 1. The van der Waals surface area contributed by atoms with Gasteiger partial charge in [-0.15, -0.1) is 0 Å². The van der Waals surface area contributed by atoms with Gasteiger partial charge >= 0.3 is 0 Å². The molecule has 0 spiro atoms. The lowest BCUT2D eigenvalue weighted by molar-refractivity contribution is 0.188. The van der Waals surface area contributed by atoms with Gasteiger partial charge in [0, 0.05) is 6.20 Å². The van der Waals surface area contributed by atoms with E-state index in [0.29, 0.717) is 22.4 Å². The fourth-order valence-electron chi connectivity index (χ4n) is 6.68. The van der Waals surface area contributed by atoms with E-state index in [1.807, 2.05) is 42.5 Å². The van der Waals surface area contributed by atoms with Gasteiger partial charge in [0.05, 0.1) is 30.8 Å². The highest BCUT2D eigenvalue weighted by Gasteiger charge is 2.51. The minimum absolute atomic E-state index is 0.0227. The van der Waals surface area contributed by atoms with Gasteiger partial charge in [0.2, 0.25) is 0 Å². The molecule has 0 saturated carbocycles. The van der Waals surface area contributed by atoms with Gasteiger partial charge < -0.3 is 19.7 Å². The molecule has 48 heavy (non-hydrogen) atoms. The molecule has 0 amide bonds. The van der Waals surface area contributed by atoms with E-state index in [9.17, 15) is 28.1 Å². The Hall–Kier alpha value is -3.93. The van der Waals surface area contributed by atoms with Crippen molar-refractivity contribution in [2.24, 2.45) is 0 Å². The van der Waals surface area contributed by atoms with E-state index in [2.05, 4.69) is 50.0 Å². The third kappa shape index (κ3) is 7.38. The normalized spacial score (nSPS) is 17.5. The zero-order chi connectivity index (χ0) is 34.5. The van der Waals surface area contributed by atoms with Crippen LogP contribution < -0.4 is 10.4 Å². The van der Waals surface area contributed by atoms with Crippen LogP contribution in [0.2, 0.25) is 5.04 Å². The first kappa shape index (κ1) is 35.4. The molecule has 1 aliphatic rings. The van der Waals surface area contributed by atoms with E-state index in [1.165, 1.54) is 12.1 Å². The Bertz CT molecular complexity index is 1840. The summed E-state index contributed by atoms with van der Waals surface area (Å²) in [4.78, 5) is 4.44. The van der Waals surface area contributed by atoms with Crippen LogP contribution in [0.25, 0.3) is 11.6 Å². The van der Waals surface area contributed by atoms with Crippen molar-refractivity contribution in [2.75, 3.05) is 19.0 Å². The highest BCUT2D eigenvalue weighted by atomic mass is 32.2. The number of aromatic nitrogens is 1. The van der Waals surface area contributed by atoms with Crippen molar-refractivity contribution >= 4 is 40.2 Å². The summed E-state index contributed by atoms with van der Waals surface area (Å²) < 4.78 is 48.0. The summed E-state index contributed by atoms with van der Waals surface area (Å²) in [5, 5.41) is 32.2. The number of pyridine rings is 1. The average Bonchev–Trinajstić information content (AvgIpc) is 3.34. The molecule has 0 unspecified atom stereocenters. The van der Waals surface area contributed by atoms with Gasteiger partial charge in [0.15, 0.2) is 21.4 Å². The van der Waals surface area contributed by atoms with Crippen LogP contribution in [0.1, 0.15) is 44.9 Å². The topological polar surface area (TPSA) is 117 Å². The molecule has 5 rings (SSSR count). The van der Waals surface area contributed by atoms with Crippen molar-refractivity contribution in [2.45, 2.75) is 50.0 Å². The number of halogens is 1. The molecule has 2 heterocycles. The molecule has 2 atom stereocenters. The molecule has 4 aromatic rings. The van der Waals surface area contributed by atoms with Gasteiger partial charge in [0.25, 0.3) is 8.32 Å². The first-order valence-electron chi connectivity index (χ1n) is 15.9. The van der Waals surface area contributed by atoms with E-state index < -0.39 is 47.7 Å². The maximum absolute atomic E-state index is 14.2. The summed E-state index contributed by atoms with van der Waals surface area (Å²) in [5.74, 6) is -1.54. The standard InChI is InChI=1S/C38H42FNO6SSi/c1-38(2,3)48(30-12-6-4-7-13-30,31-14-8-5-9-15-31)46-25-29-26-47(44,45)36(24-41)37(29)35(43)20-18-28(33-16-10-11-21-40-33)22-27-17-19-34(42)32(39)23-27/h4-17,19,21-23,35-36,41-43H,18,20,24-26H2,1-3H3/b28-22-/t35-,36+/m1/s1. The number of hydrogen-bond donors (Lipinski definition) is 3. The Morgan fingerprint density at radius 1 is 1.00 bits per heavy atom. The van der Waals surface area contributed by atoms with Crippen molar-refractivity contribution in [1.29, 1.82) is 0 Å². The van der Waals surface area contributed by atoms with Gasteiger partial charge in [-0.3, -0.25) is 4.98 Å². The highest BCUT2D eigenvalue weighted by molar-refractivity contribution is 7.92. The van der Waals surface area contributed by atoms with Gasteiger partial charge in [-0.2, -0.15) is 0 Å². The molecule has 7 nitrogen and oxygen atoms in total. The summed E-state index contributed by atoms with van der Waals surface area (Å²) in [5.41, 5.74) is 2.52. The molecular weight excluding hydrogens is 646 g/mol. The Morgan fingerprint density at radius 3 is 2.17 bits per heavy atom. The van der Waals surface area contributed by atoms with E-state index in [1.54, 1.807) is 30.5 Å². The lowest BCUT2D eigenvalue weighted by Crippen LogP contribution is -2.66. The number of aliphatic hydroxyl groups is 2. The predicted octanol–water partition coefficient (Wildman–Crippen LogP) is 5.27. The Kier molecular flexibility index (Phi) is 10.8. The highest BCUT2D eigenvalue weighted by Crippen LogP contribution is 2.39. The molecule has 0 aliphatic carbocycles. The Morgan fingerprint density at radius 2 is 1.62 bits per heavy atom. The second-order valence-electron chi connectivity index (χ2n) is 13.1. The fourth-order valence-corrected chi connectivity index (χ4v) is 13.1. The van der Waals surface area contributed by atoms with Crippen molar-refractivity contribution in [1.82, 2.24) is 4.98 Å². The SMILES string of the molecule is CC(C)(C)[Si](OCC1=C([C@H](O)CC/C(=C/c2ccc(O)c(F)c2)c2ccccn2)[C@H](CO)S(=O)(=O)C1)(c1ccccc1)c1ccccc1. The number of aromatic hydroxyl groups is 1. The molecule has 0 saturated heterocycles. The maximum Gasteiger partial charge on any atom is 0.261 e. The van der Waals surface area contributed by atoms with Crippen LogP contribution in [0.4, 0.5) is 4.39 Å². The Labute approximate surface area is 283 Å². The third-order valence-corrected chi connectivity index (χ3v) is 16.0. The van der Waals surface area contributed by atoms with Gasteiger partial charge in [-0.1, -0.05) is 93.6 Å². The number of phenolic OH excluding ortho intramolecular Hbond substituents is 1. The monoisotopic (exact) mass is 687 g/mol. The van der Waals surface area contributed by atoms with Crippen molar-refractivity contribution in [3.05, 3.63) is 131 Å². The molecule has 3 aromatic carbocycles. The fraction of sp³-hybridized carbons (Fsp3) is 0.289.